The normalized spacial score (nSPS) is 11.2. The number of nitrogens with zero attached hydrogens (tertiary/aromatic N) is 5. The molecule has 0 spiro atoms. The fourth-order valence-corrected chi connectivity index (χ4v) is 5.73. The van der Waals surface area contributed by atoms with Gasteiger partial charge in [0, 0.05) is 38.7 Å². The number of hydrogen-bond donors (Lipinski definition) is 0. The van der Waals surface area contributed by atoms with Gasteiger partial charge in [-0.2, -0.15) is 0 Å². The Bertz CT molecular complexity index is 2260. The van der Waals surface area contributed by atoms with Crippen molar-refractivity contribution in [1.82, 2.24) is 24.9 Å². The summed E-state index contributed by atoms with van der Waals surface area (Å²) in [6, 6.07) is 49.5. The largest absolute Gasteiger partial charge is 0.251 e. The molecule has 0 radical (unpaired) electrons. The van der Waals surface area contributed by atoms with Crippen molar-refractivity contribution in [2.45, 2.75) is 6.92 Å². The minimum absolute atomic E-state index is 0.608. The predicted octanol–water partition coefficient (Wildman–Crippen LogP) is 9.61. The third kappa shape index (κ3) is 5.11. The summed E-state index contributed by atoms with van der Waals surface area (Å²) < 4.78 is 0. The van der Waals surface area contributed by atoms with Crippen LogP contribution in [0.15, 0.2) is 146 Å². The predicted molar refractivity (Wildman–Crippen MR) is 182 cm³/mol. The molecule has 0 saturated heterocycles. The molecule has 0 unspecified atom stereocenters. The van der Waals surface area contributed by atoms with Gasteiger partial charge in [0.05, 0.1) is 16.7 Å². The summed E-state index contributed by atoms with van der Waals surface area (Å²) in [5.74, 6) is 1.87. The van der Waals surface area contributed by atoms with Crippen LogP contribution in [-0.2, 0) is 0 Å². The van der Waals surface area contributed by atoms with Crippen molar-refractivity contribution in [2.24, 2.45) is 0 Å². The minimum Gasteiger partial charge on any atom is -0.251 e. The van der Waals surface area contributed by atoms with Gasteiger partial charge in [-0.15, -0.1) is 0 Å². The van der Waals surface area contributed by atoms with Crippen molar-refractivity contribution < 1.29 is 0 Å². The number of rotatable bonds is 5. The van der Waals surface area contributed by atoms with E-state index in [4.69, 9.17) is 24.9 Å². The van der Waals surface area contributed by atoms with E-state index < -0.39 is 0 Å². The maximum atomic E-state index is 5.25. The van der Waals surface area contributed by atoms with Gasteiger partial charge in [0.25, 0.3) is 0 Å². The van der Waals surface area contributed by atoms with E-state index in [1.54, 1.807) is 0 Å². The second-order valence-corrected chi connectivity index (χ2v) is 11.0. The monoisotopic (exact) mass is 577 g/mol. The van der Waals surface area contributed by atoms with Crippen LogP contribution in [0, 0.1) is 6.92 Å². The number of pyridine rings is 2. The van der Waals surface area contributed by atoms with Crippen molar-refractivity contribution in [3.63, 3.8) is 0 Å². The molecule has 45 heavy (non-hydrogen) atoms. The van der Waals surface area contributed by atoms with Gasteiger partial charge in [-0.3, -0.25) is 4.98 Å². The van der Waals surface area contributed by atoms with E-state index in [9.17, 15) is 0 Å². The quantitative estimate of drug-likeness (QED) is 0.191. The first-order valence-corrected chi connectivity index (χ1v) is 14.9. The van der Waals surface area contributed by atoms with Gasteiger partial charge in [0.2, 0.25) is 0 Å². The smallest absolute Gasteiger partial charge is 0.164 e. The zero-order chi connectivity index (χ0) is 30.2. The summed E-state index contributed by atoms with van der Waals surface area (Å²) in [6.45, 7) is 2.02. The summed E-state index contributed by atoms with van der Waals surface area (Å²) in [5.41, 5.74) is 9.59. The molecule has 8 aromatic rings. The highest BCUT2D eigenvalue weighted by atomic mass is 15.0. The van der Waals surface area contributed by atoms with Crippen LogP contribution < -0.4 is 0 Å². The molecule has 0 amide bonds. The molecule has 0 fully saturated rings. The Kier molecular flexibility index (Phi) is 6.61. The lowest BCUT2D eigenvalue weighted by Gasteiger charge is -2.13. The van der Waals surface area contributed by atoms with E-state index in [0.29, 0.717) is 17.5 Å². The van der Waals surface area contributed by atoms with Gasteiger partial charge in [-0.05, 0) is 36.2 Å². The molecule has 5 heteroatoms. The molecular formula is C40H27N5. The van der Waals surface area contributed by atoms with E-state index in [1.807, 2.05) is 91.9 Å². The standard InChI is InChI=1S/C40H27N5/c1-26-20-21-28-22-23-33-34(27-12-5-2-6-13-27)25-35(42-37(33)36(28)41-26)31-18-11-19-32(24-31)40-44-38(29-14-7-3-8-15-29)43-39(45-40)30-16-9-4-10-17-30/h2-25H,1H3. The molecule has 3 aromatic heterocycles. The first-order valence-electron chi connectivity index (χ1n) is 14.9. The van der Waals surface area contributed by atoms with Crippen molar-refractivity contribution in [3.05, 3.63) is 151 Å². The summed E-state index contributed by atoms with van der Waals surface area (Å²) in [5, 5.41) is 2.14. The van der Waals surface area contributed by atoms with Gasteiger partial charge in [-0.1, -0.05) is 127 Å². The van der Waals surface area contributed by atoms with Crippen molar-refractivity contribution in [1.29, 1.82) is 0 Å². The SMILES string of the molecule is Cc1ccc2ccc3c(-c4ccccc4)cc(-c4cccc(-c5nc(-c6ccccc6)nc(-c6ccccc6)n5)c4)nc3c2n1. The average molecular weight is 578 g/mol. The van der Waals surface area contributed by atoms with E-state index >= 15 is 0 Å². The number of aryl methyl sites for hydroxylation is 1. The van der Waals surface area contributed by atoms with Gasteiger partial charge < -0.3 is 0 Å². The average Bonchev–Trinajstić information content (AvgIpc) is 3.12. The highest BCUT2D eigenvalue weighted by Crippen LogP contribution is 2.36. The highest BCUT2D eigenvalue weighted by Gasteiger charge is 2.16. The lowest BCUT2D eigenvalue weighted by atomic mass is 9.96. The van der Waals surface area contributed by atoms with Gasteiger partial charge in [0.1, 0.15) is 0 Å². The Morgan fingerprint density at radius 1 is 0.378 bits per heavy atom. The first-order chi connectivity index (χ1) is 22.2. The fraction of sp³-hybridized carbons (Fsp3) is 0.0250. The lowest BCUT2D eigenvalue weighted by Crippen LogP contribution is -2.00. The van der Waals surface area contributed by atoms with Crippen LogP contribution in [0.25, 0.3) is 78.4 Å². The van der Waals surface area contributed by atoms with E-state index in [0.717, 1.165) is 66.6 Å². The van der Waals surface area contributed by atoms with Crippen LogP contribution in [0.2, 0.25) is 0 Å². The van der Waals surface area contributed by atoms with Crippen molar-refractivity contribution in [2.75, 3.05) is 0 Å². The zero-order valence-corrected chi connectivity index (χ0v) is 24.6. The van der Waals surface area contributed by atoms with Crippen LogP contribution in [0.3, 0.4) is 0 Å². The van der Waals surface area contributed by atoms with Gasteiger partial charge >= 0.3 is 0 Å². The molecule has 5 nitrogen and oxygen atoms in total. The Morgan fingerprint density at radius 2 is 0.911 bits per heavy atom. The molecule has 0 aliphatic heterocycles. The Morgan fingerprint density at radius 3 is 1.56 bits per heavy atom. The molecular weight excluding hydrogens is 550 g/mol. The number of aromatic nitrogens is 5. The second-order valence-electron chi connectivity index (χ2n) is 11.0. The summed E-state index contributed by atoms with van der Waals surface area (Å²) in [7, 11) is 0. The van der Waals surface area contributed by atoms with E-state index in [1.165, 1.54) is 0 Å². The minimum atomic E-state index is 0.608. The molecule has 0 N–H and O–H groups in total. The van der Waals surface area contributed by atoms with Crippen LogP contribution in [0.4, 0.5) is 0 Å². The molecule has 0 saturated carbocycles. The Labute approximate surface area is 261 Å². The maximum absolute atomic E-state index is 5.25. The van der Waals surface area contributed by atoms with E-state index in [-0.39, 0.29) is 0 Å². The first kappa shape index (κ1) is 26.5. The third-order valence-electron chi connectivity index (χ3n) is 7.98. The molecule has 3 heterocycles. The molecule has 0 aliphatic rings. The summed E-state index contributed by atoms with van der Waals surface area (Å²) in [4.78, 5) is 24.9. The second kappa shape index (κ2) is 11.2. The van der Waals surface area contributed by atoms with Crippen LogP contribution in [0.1, 0.15) is 5.69 Å². The third-order valence-corrected chi connectivity index (χ3v) is 7.98. The Balaban J connectivity index is 1.33. The number of fused-ring (bicyclic) bond motifs is 3. The van der Waals surface area contributed by atoms with Crippen molar-refractivity contribution in [3.8, 4) is 56.5 Å². The maximum Gasteiger partial charge on any atom is 0.164 e. The van der Waals surface area contributed by atoms with Crippen LogP contribution >= 0.6 is 0 Å². The summed E-state index contributed by atoms with van der Waals surface area (Å²) in [6.07, 6.45) is 0. The van der Waals surface area contributed by atoms with E-state index in [2.05, 4.69) is 60.7 Å². The molecule has 5 aromatic carbocycles. The Hall–Kier alpha value is -6.07. The van der Waals surface area contributed by atoms with Crippen LogP contribution in [0.5, 0.6) is 0 Å². The van der Waals surface area contributed by atoms with Crippen molar-refractivity contribution >= 4 is 21.8 Å². The number of hydrogen-bond acceptors (Lipinski definition) is 5. The molecule has 0 bridgehead atoms. The molecule has 0 aliphatic carbocycles. The zero-order valence-electron chi connectivity index (χ0n) is 24.6. The van der Waals surface area contributed by atoms with Gasteiger partial charge in [0.15, 0.2) is 17.5 Å². The molecule has 0 atom stereocenters. The molecule has 212 valence electrons. The van der Waals surface area contributed by atoms with Crippen LogP contribution in [-0.4, -0.2) is 24.9 Å². The highest BCUT2D eigenvalue weighted by molar-refractivity contribution is 6.09. The topological polar surface area (TPSA) is 64.5 Å². The number of benzene rings is 5. The van der Waals surface area contributed by atoms with Gasteiger partial charge in [-0.25, -0.2) is 19.9 Å². The molecule has 8 rings (SSSR count). The summed E-state index contributed by atoms with van der Waals surface area (Å²) >= 11 is 0. The fourth-order valence-electron chi connectivity index (χ4n) is 5.73. The lowest BCUT2D eigenvalue weighted by molar-refractivity contribution is 1.07.